The summed E-state index contributed by atoms with van der Waals surface area (Å²) in [7, 11) is 0. The van der Waals surface area contributed by atoms with Crippen molar-refractivity contribution in [2.75, 3.05) is 6.61 Å². The number of nitrogens with two attached hydrogens (primary N) is 1. The predicted molar refractivity (Wildman–Crippen MR) is 51.7 cm³/mol. The second kappa shape index (κ2) is 4.52. The van der Waals surface area contributed by atoms with Gasteiger partial charge in [-0.05, 0) is 20.3 Å². The number of rotatable bonds is 5. The maximum Gasteiger partial charge on any atom is 0.226 e. The number of hydrogen-bond donors (Lipinski definition) is 2. The maximum absolute atomic E-state index is 8.65. The second-order valence-corrected chi connectivity index (χ2v) is 4.07. The molecule has 0 amide bonds. The van der Waals surface area contributed by atoms with Crippen LogP contribution in [-0.4, -0.2) is 27.4 Å². The molecule has 1 aromatic heterocycles. The number of hydrogen-bond acceptors (Lipinski definition) is 5. The molecule has 1 aromatic rings. The van der Waals surface area contributed by atoms with Gasteiger partial charge in [0.2, 0.25) is 5.89 Å². The van der Waals surface area contributed by atoms with Gasteiger partial charge in [0.05, 0.1) is 6.61 Å². The van der Waals surface area contributed by atoms with Crippen molar-refractivity contribution in [3.05, 3.63) is 11.7 Å². The van der Waals surface area contributed by atoms with Crippen LogP contribution in [-0.2, 0) is 12.8 Å². The number of aliphatic hydroxyl groups excluding tert-OH is 1. The van der Waals surface area contributed by atoms with Crippen LogP contribution in [0.1, 0.15) is 32.0 Å². The Morgan fingerprint density at radius 3 is 2.71 bits per heavy atom. The Hall–Kier alpha value is -0.940. The molecule has 5 nitrogen and oxygen atoms in total. The lowest BCUT2D eigenvalue weighted by atomic mass is 10.0. The van der Waals surface area contributed by atoms with Gasteiger partial charge in [0, 0.05) is 18.4 Å². The summed E-state index contributed by atoms with van der Waals surface area (Å²) in [5.41, 5.74) is 5.60. The van der Waals surface area contributed by atoms with Crippen molar-refractivity contribution < 1.29 is 9.63 Å². The Labute approximate surface area is 83.3 Å². The van der Waals surface area contributed by atoms with Gasteiger partial charge in [-0.2, -0.15) is 4.98 Å². The smallest absolute Gasteiger partial charge is 0.226 e. The fourth-order valence-corrected chi connectivity index (χ4v) is 1.02. The van der Waals surface area contributed by atoms with E-state index in [2.05, 4.69) is 10.1 Å². The molecule has 1 heterocycles. The van der Waals surface area contributed by atoms with E-state index < -0.39 is 0 Å². The number of nitrogens with zero attached hydrogens (tertiary/aromatic N) is 2. The first-order valence-corrected chi connectivity index (χ1v) is 4.72. The van der Waals surface area contributed by atoms with Gasteiger partial charge in [-0.1, -0.05) is 5.16 Å². The van der Waals surface area contributed by atoms with Gasteiger partial charge in [-0.25, -0.2) is 0 Å². The monoisotopic (exact) mass is 199 g/mol. The molecule has 3 N–H and O–H groups in total. The van der Waals surface area contributed by atoms with E-state index in [-0.39, 0.29) is 12.1 Å². The lowest BCUT2D eigenvalue weighted by Gasteiger charge is -2.16. The number of aliphatic hydroxyl groups is 1. The van der Waals surface area contributed by atoms with Crippen LogP contribution in [0.3, 0.4) is 0 Å². The molecule has 0 unspecified atom stereocenters. The molecule has 1 rings (SSSR count). The Morgan fingerprint density at radius 2 is 2.14 bits per heavy atom. The summed E-state index contributed by atoms with van der Waals surface area (Å²) in [5.74, 6) is 1.14. The van der Waals surface area contributed by atoms with Crippen LogP contribution in [0.25, 0.3) is 0 Å². The molecule has 0 aliphatic heterocycles. The Bertz CT molecular complexity index is 278. The molecule has 0 aromatic carbocycles. The SMILES string of the molecule is CC(C)(N)CCc1nc(CCO)no1. The van der Waals surface area contributed by atoms with Crippen molar-refractivity contribution in [2.45, 2.75) is 38.6 Å². The standard InChI is InChI=1S/C9H17N3O2/c1-9(2,10)5-3-8-11-7(4-6-13)12-14-8/h13H,3-6,10H2,1-2H3. The lowest BCUT2D eigenvalue weighted by Crippen LogP contribution is -2.32. The van der Waals surface area contributed by atoms with Gasteiger partial charge in [-0.3, -0.25) is 0 Å². The van der Waals surface area contributed by atoms with Crippen LogP contribution in [0, 0.1) is 0 Å². The van der Waals surface area contributed by atoms with E-state index in [0.717, 1.165) is 6.42 Å². The van der Waals surface area contributed by atoms with Gasteiger partial charge < -0.3 is 15.4 Å². The molecule has 0 fully saturated rings. The molecule has 0 atom stereocenters. The Morgan fingerprint density at radius 1 is 1.43 bits per heavy atom. The topological polar surface area (TPSA) is 85.2 Å². The summed E-state index contributed by atoms with van der Waals surface area (Å²) in [6.45, 7) is 3.96. The zero-order valence-corrected chi connectivity index (χ0v) is 8.66. The average molecular weight is 199 g/mol. The Kier molecular flexibility index (Phi) is 3.60. The molecule has 0 radical (unpaired) electrons. The highest BCUT2D eigenvalue weighted by Crippen LogP contribution is 2.09. The van der Waals surface area contributed by atoms with Gasteiger partial charge in [0.1, 0.15) is 0 Å². The third kappa shape index (κ3) is 3.85. The largest absolute Gasteiger partial charge is 0.396 e. The van der Waals surface area contributed by atoms with Gasteiger partial charge in [0.25, 0.3) is 0 Å². The zero-order valence-electron chi connectivity index (χ0n) is 8.66. The third-order valence-corrected chi connectivity index (χ3v) is 1.83. The van der Waals surface area contributed by atoms with E-state index >= 15 is 0 Å². The van der Waals surface area contributed by atoms with E-state index in [1.54, 1.807) is 0 Å². The van der Waals surface area contributed by atoms with E-state index in [1.165, 1.54) is 0 Å². The van der Waals surface area contributed by atoms with Gasteiger partial charge >= 0.3 is 0 Å². The minimum absolute atomic E-state index is 0.0430. The molecule has 0 aliphatic rings. The molecule has 0 bridgehead atoms. The Balaban J connectivity index is 2.44. The van der Waals surface area contributed by atoms with E-state index in [9.17, 15) is 0 Å². The minimum Gasteiger partial charge on any atom is -0.396 e. The lowest BCUT2D eigenvalue weighted by molar-refractivity contribution is 0.292. The van der Waals surface area contributed by atoms with Crippen LogP contribution in [0.15, 0.2) is 4.52 Å². The normalized spacial score (nSPS) is 12.0. The van der Waals surface area contributed by atoms with Crippen LogP contribution < -0.4 is 5.73 Å². The molecular weight excluding hydrogens is 182 g/mol. The van der Waals surface area contributed by atoms with E-state index in [0.29, 0.717) is 24.6 Å². The summed E-state index contributed by atoms with van der Waals surface area (Å²) in [5, 5.41) is 12.4. The molecule has 0 spiro atoms. The van der Waals surface area contributed by atoms with Crippen molar-refractivity contribution in [2.24, 2.45) is 5.73 Å². The quantitative estimate of drug-likeness (QED) is 0.711. The molecule has 5 heteroatoms. The first-order chi connectivity index (χ1) is 6.51. The summed E-state index contributed by atoms with van der Waals surface area (Å²) in [6.07, 6.45) is 1.92. The molecule has 0 saturated carbocycles. The van der Waals surface area contributed by atoms with Crippen molar-refractivity contribution in [1.82, 2.24) is 10.1 Å². The van der Waals surface area contributed by atoms with Crippen LogP contribution in [0.2, 0.25) is 0 Å². The summed E-state index contributed by atoms with van der Waals surface area (Å²) in [4.78, 5) is 4.11. The molecule has 0 aliphatic carbocycles. The molecule has 80 valence electrons. The van der Waals surface area contributed by atoms with Crippen molar-refractivity contribution >= 4 is 0 Å². The highest BCUT2D eigenvalue weighted by atomic mass is 16.5. The van der Waals surface area contributed by atoms with Crippen LogP contribution in [0.4, 0.5) is 0 Å². The highest BCUT2D eigenvalue weighted by molar-refractivity contribution is 4.88. The van der Waals surface area contributed by atoms with Crippen LogP contribution in [0.5, 0.6) is 0 Å². The minimum atomic E-state index is -0.217. The fourth-order valence-electron chi connectivity index (χ4n) is 1.02. The molecule has 0 saturated heterocycles. The first kappa shape index (κ1) is 11.1. The summed E-state index contributed by atoms with van der Waals surface area (Å²) < 4.78 is 4.98. The molecule has 14 heavy (non-hydrogen) atoms. The fraction of sp³-hybridized carbons (Fsp3) is 0.778. The number of aryl methyl sites for hydroxylation is 1. The highest BCUT2D eigenvalue weighted by Gasteiger charge is 2.13. The third-order valence-electron chi connectivity index (χ3n) is 1.83. The van der Waals surface area contributed by atoms with Crippen LogP contribution >= 0.6 is 0 Å². The average Bonchev–Trinajstić information content (AvgIpc) is 2.49. The maximum atomic E-state index is 8.65. The zero-order chi connectivity index (χ0) is 10.6. The van der Waals surface area contributed by atoms with Gasteiger partial charge in [-0.15, -0.1) is 0 Å². The van der Waals surface area contributed by atoms with E-state index in [1.807, 2.05) is 13.8 Å². The summed E-state index contributed by atoms with van der Waals surface area (Å²) in [6, 6.07) is 0. The number of aromatic nitrogens is 2. The van der Waals surface area contributed by atoms with Crippen molar-refractivity contribution in [3.63, 3.8) is 0 Å². The van der Waals surface area contributed by atoms with Crippen molar-refractivity contribution in [1.29, 1.82) is 0 Å². The second-order valence-electron chi connectivity index (χ2n) is 4.07. The molecular formula is C9H17N3O2. The van der Waals surface area contributed by atoms with Gasteiger partial charge in [0.15, 0.2) is 5.82 Å². The predicted octanol–water partition coefficient (Wildman–Crippen LogP) is 0.274. The van der Waals surface area contributed by atoms with E-state index in [4.69, 9.17) is 15.4 Å². The first-order valence-electron chi connectivity index (χ1n) is 4.72. The summed E-state index contributed by atoms with van der Waals surface area (Å²) >= 11 is 0. The van der Waals surface area contributed by atoms with Crippen molar-refractivity contribution in [3.8, 4) is 0 Å².